The Kier molecular flexibility index (Phi) is 3.05. The zero-order chi connectivity index (χ0) is 12.6. The quantitative estimate of drug-likeness (QED) is 0.789. The van der Waals surface area contributed by atoms with Gasteiger partial charge in [-0.05, 0) is 29.7 Å². The van der Waals surface area contributed by atoms with Crippen molar-refractivity contribution in [1.29, 1.82) is 0 Å². The van der Waals surface area contributed by atoms with Crippen LogP contribution in [0.25, 0.3) is 10.9 Å². The van der Waals surface area contributed by atoms with Crippen molar-refractivity contribution in [2.24, 2.45) is 5.92 Å². The van der Waals surface area contributed by atoms with E-state index in [2.05, 4.69) is 37.0 Å². The summed E-state index contributed by atoms with van der Waals surface area (Å²) in [6, 6.07) is 8.30. The number of Topliss-reactive ketones (excluding diaryl/α,β-unsaturated/α-hetero) is 1. The summed E-state index contributed by atoms with van der Waals surface area (Å²) in [5.74, 6) is 0.721. The molecular formula is C15H19NO. The minimum Gasteiger partial charge on any atom is -0.352 e. The van der Waals surface area contributed by atoms with Crippen molar-refractivity contribution in [2.75, 3.05) is 0 Å². The number of H-pyrrole nitrogens is 1. The smallest absolute Gasteiger partial charge is 0.181 e. The molecule has 0 fully saturated rings. The van der Waals surface area contributed by atoms with Crippen LogP contribution in [0, 0.1) is 5.92 Å². The molecular weight excluding hydrogens is 210 g/mol. The van der Waals surface area contributed by atoms with Crippen LogP contribution in [0.15, 0.2) is 24.3 Å². The van der Waals surface area contributed by atoms with Gasteiger partial charge in [0.05, 0.1) is 5.69 Å². The van der Waals surface area contributed by atoms with Crippen molar-refractivity contribution < 1.29 is 4.79 Å². The Morgan fingerprint density at radius 1 is 1.12 bits per heavy atom. The molecule has 1 aromatic heterocycles. The van der Waals surface area contributed by atoms with Crippen molar-refractivity contribution >= 4 is 16.7 Å². The molecule has 1 N–H and O–H groups in total. The Hall–Kier alpha value is -1.57. The zero-order valence-corrected chi connectivity index (χ0v) is 10.9. The monoisotopic (exact) mass is 229 g/mol. The fraction of sp³-hybridized carbons (Fsp3) is 0.400. The summed E-state index contributed by atoms with van der Waals surface area (Å²) >= 11 is 0. The lowest BCUT2D eigenvalue weighted by Crippen LogP contribution is -2.07. The molecule has 1 aromatic carbocycles. The van der Waals surface area contributed by atoms with Crippen LogP contribution in [0.2, 0.25) is 0 Å². The van der Waals surface area contributed by atoms with Crippen molar-refractivity contribution in [3.63, 3.8) is 0 Å². The molecule has 0 aliphatic carbocycles. The number of hydrogen-bond donors (Lipinski definition) is 1. The lowest BCUT2D eigenvalue weighted by atomic mass is 10.0. The largest absolute Gasteiger partial charge is 0.352 e. The highest BCUT2D eigenvalue weighted by molar-refractivity contribution is 6.00. The van der Waals surface area contributed by atoms with Crippen LogP contribution >= 0.6 is 0 Å². The number of fused-ring (bicyclic) bond motifs is 1. The summed E-state index contributed by atoms with van der Waals surface area (Å²) in [6.07, 6.45) is 0. The third kappa shape index (κ3) is 2.26. The van der Waals surface area contributed by atoms with Crippen molar-refractivity contribution in [3.05, 3.63) is 35.5 Å². The van der Waals surface area contributed by atoms with Crippen LogP contribution in [-0.2, 0) is 0 Å². The molecule has 0 aliphatic rings. The first-order valence-corrected chi connectivity index (χ1v) is 6.16. The molecule has 0 bridgehead atoms. The van der Waals surface area contributed by atoms with Crippen molar-refractivity contribution in [2.45, 2.75) is 33.6 Å². The Balaban J connectivity index is 2.47. The van der Waals surface area contributed by atoms with Crippen LogP contribution in [0.1, 0.15) is 49.7 Å². The van der Waals surface area contributed by atoms with Crippen LogP contribution in [-0.4, -0.2) is 10.8 Å². The minimum absolute atomic E-state index is 0.0348. The number of aromatic amines is 1. The number of aromatic nitrogens is 1. The predicted molar refractivity (Wildman–Crippen MR) is 71.6 cm³/mol. The lowest BCUT2D eigenvalue weighted by molar-refractivity contribution is 0.0935. The van der Waals surface area contributed by atoms with Crippen molar-refractivity contribution in [1.82, 2.24) is 4.98 Å². The first kappa shape index (κ1) is 11.9. The van der Waals surface area contributed by atoms with Gasteiger partial charge in [0.25, 0.3) is 0 Å². The van der Waals surface area contributed by atoms with E-state index in [1.165, 1.54) is 5.56 Å². The average Bonchev–Trinajstić information content (AvgIpc) is 2.69. The van der Waals surface area contributed by atoms with Crippen LogP contribution in [0.3, 0.4) is 0 Å². The fourth-order valence-electron chi connectivity index (χ4n) is 1.95. The molecule has 0 aliphatic heterocycles. The normalized spacial score (nSPS) is 11.6. The van der Waals surface area contributed by atoms with Gasteiger partial charge in [0.1, 0.15) is 0 Å². The number of benzene rings is 1. The number of nitrogens with one attached hydrogen (secondary N) is 1. The van der Waals surface area contributed by atoms with Gasteiger partial charge in [-0.2, -0.15) is 0 Å². The van der Waals surface area contributed by atoms with E-state index in [-0.39, 0.29) is 11.7 Å². The van der Waals surface area contributed by atoms with Gasteiger partial charge in [-0.25, -0.2) is 0 Å². The molecule has 2 nitrogen and oxygen atoms in total. The Labute approximate surface area is 102 Å². The van der Waals surface area contributed by atoms with Gasteiger partial charge in [0.15, 0.2) is 5.78 Å². The second-order valence-electron chi connectivity index (χ2n) is 5.20. The maximum Gasteiger partial charge on any atom is 0.181 e. The summed E-state index contributed by atoms with van der Waals surface area (Å²) < 4.78 is 0. The Morgan fingerprint density at radius 3 is 2.41 bits per heavy atom. The number of ketones is 1. The zero-order valence-electron chi connectivity index (χ0n) is 10.9. The second-order valence-corrected chi connectivity index (χ2v) is 5.20. The average molecular weight is 229 g/mol. The highest BCUT2D eigenvalue weighted by atomic mass is 16.1. The topological polar surface area (TPSA) is 32.9 Å². The first-order valence-electron chi connectivity index (χ1n) is 6.16. The van der Waals surface area contributed by atoms with Gasteiger partial charge < -0.3 is 4.98 Å². The number of carbonyl (C=O) groups is 1. The first-order chi connectivity index (χ1) is 7.99. The van der Waals surface area contributed by atoms with Crippen LogP contribution in [0.5, 0.6) is 0 Å². The highest BCUT2D eigenvalue weighted by Gasteiger charge is 2.13. The standard InChI is InChI=1S/C15H19NO/c1-9(2)11-5-6-13-12(7-11)8-14(16-13)15(17)10(3)4/h5-10,16H,1-4H3. The summed E-state index contributed by atoms with van der Waals surface area (Å²) in [7, 11) is 0. The van der Waals surface area contributed by atoms with Gasteiger partial charge in [-0.15, -0.1) is 0 Å². The van der Waals surface area contributed by atoms with E-state index in [4.69, 9.17) is 0 Å². The molecule has 0 amide bonds. The number of rotatable bonds is 3. The van der Waals surface area contributed by atoms with Gasteiger partial charge in [-0.1, -0.05) is 33.8 Å². The maximum absolute atomic E-state index is 11.9. The predicted octanol–water partition coefficient (Wildman–Crippen LogP) is 4.13. The van der Waals surface area contributed by atoms with E-state index in [1.54, 1.807) is 0 Å². The van der Waals surface area contributed by atoms with E-state index < -0.39 is 0 Å². The molecule has 0 spiro atoms. The summed E-state index contributed by atoms with van der Waals surface area (Å²) in [5.41, 5.74) is 3.06. The van der Waals surface area contributed by atoms with E-state index in [0.29, 0.717) is 5.92 Å². The van der Waals surface area contributed by atoms with E-state index in [9.17, 15) is 4.79 Å². The van der Waals surface area contributed by atoms with Crippen LogP contribution < -0.4 is 0 Å². The van der Waals surface area contributed by atoms with E-state index >= 15 is 0 Å². The Morgan fingerprint density at radius 2 is 1.82 bits per heavy atom. The lowest BCUT2D eigenvalue weighted by Gasteiger charge is -2.03. The summed E-state index contributed by atoms with van der Waals surface area (Å²) in [4.78, 5) is 15.1. The minimum atomic E-state index is 0.0348. The molecule has 2 rings (SSSR count). The number of hydrogen-bond acceptors (Lipinski definition) is 1. The molecule has 90 valence electrons. The third-order valence-corrected chi connectivity index (χ3v) is 3.10. The van der Waals surface area contributed by atoms with Gasteiger partial charge in [-0.3, -0.25) is 4.79 Å². The maximum atomic E-state index is 11.9. The molecule has 1 heterocycles. The second kappa shape index (κ2) is 4.36. The molecule has 0 radical (unpaired) electrons. The molecule has 2 aromatic rings. The highest BCUT2D eigenvalue weighted by Crippen LogP contribution is 2.23. The van der Waals surface area contributed by atoms with Gasteiger partial charge >= 0.3 is 0 Å². The van der Waals surface area contributed by atoms with Gasteiger partial charge in [0, 0.05) is 16.8 Å². The summed E-state index contributed by atoms with van der Waals surface area (Å²) in [6.45, 7) is 8.20. The molecule has 0 saturated carbocycles. The summed E-state index contributed by atoms with van der Waals surface area (Å²) in [5, 5.41) is 1.13. The molecule has 17 heavy (non-hydrogen) atoms. The fourth-order valence-corrected chi connectivity index (χ4v) is 1.95. The van der Waals surface area contributed by atoms with E-state index in [0.717, 1.165) is 16.6 Å². The molecule has 2 heteroatoms. The third-order valence-electron chi connectivity index (χ3n) is 3.10. The van der Waals surface area contributed by atoms with E-state index in [1.807, 2.05) is 19.9 Å². The Bertz CT molecular complexity index is 549. The van der Waals surface area contributed by atoms with Crippen LogP contribution in [0.4, 0.5) is 0 Å². The SMILES string of the molecule is CC(C)C(=O)c1cc2cc(C(C)C)ccc2[nH]1. The molecule has 0 atom stereocenters. The van der Waals surface area contributed by atoms with Gasteiger partial charge in [0.2, 0.25) is 0 Å². The van der Waals surface area contributed by atoms with Crippen molar-refractivity contribution in [3.8, 4) is 0 Å². The number of carbonyl (C=O) groups excluding carboxylic acids is 1. The molecule has 0 saturated heterocycles. The molecule has 0 unspecified atom stereocenters.